The molecule has 1 aliphatic rings. The minimum Gasteiger partial charge on any atom is -0.455 e. The average Bonchev–Trinajstić information content (AvgIpc) is 3.64. The highest BCUT2D eigenvalue weighted by molar-refractivity contribution is 9.10. The minimum absolute atomic E-state index is 0.474. The van der Waals surface area contributed by atoms with Crippen LogP contribution < -0.4 is 4.90 Å². The van der Waals surface area contributed by atoms with E-state index in [-0.39, 0.29) is 0 Å². The Hall–Kier alpha value is -5.38. The number of anilines is 3. The van der Waals surface area contributed by atoms with Gasteiger partial charge < -0.3 is 9.32 Å². The molecule has 46 heavy (non-hydrogen) atoms. The summed E-state index contributed by atoms with van der Waals surface area (Å²) in [4.78, 5) is 2.36. The van der Waals surface area contributed by atoms with Gasteiger partial charge in [-0.2, -0.15) is 0 Å². The molecule has 218 valence electrons. The van der Waals surface area contributed by atoms with Gasteiger partial charge in [0.2, 0.25) is 0 Å². The molecular formula is C43H28BrNO. The third-order valence-corrected chi connectivity index (χ3v) is 9.98. The van der Waals surface area contributed by atoms with Crippen LogP contribution in [-0.4, -0.2) is 0 Å². The first-order valence-electron chi connectivity index (χ1n) is 15.5. The summed E-state index contributed by atoms with van der Waals surface area (Å²) in [5, 5.41) is 2.18. The van der Waals surface area contributed by atoms with Crippen molar-refractivity contribution in [3.8, 4) is 11.1 Å². The second-order valence-corrected chi connectivity index (χ2v) is 12.7. The maximum absolute atomic E-state index is 6.29. The van der Waals surface area contributed by atoms with Gasteiger partial charge in [0.1, 0.15) is 11.2 Å². The number of hydrogen-bond donors (Lipinski definition) is 0. The fourth-order valence-electron chi connectivity index (χ4n) is 7.50. The van der Waals surface area contributed by atoms with E-state index in [1.54, 1.807) is 0 Å². The lowest BCUT2D eigenvalue weighted by Gasteiger charge is -2.35. The van der Waals surface area contributed by atoms with E-state index >= 15 is 0 Å². The minimum atomic E-state index is -0.474. The lowest BCUT2D eigenvalue weighted by Crippen LogP contribution is -2.28. The molecule has 0 radical (unpaired) electrons. The van der Waals surface area contributed by atoms with E-state index in [1.165, 1.54) is 33.4 Å². The molecule has 0 unspecified atom stereocenters. The van der Waals surface area contributed by atoms with Crippen molar-refractivity contribution in [2.45, 2.75) is 5.41 Å². The Morgan fingerprint density at radius 2 is 1.07 bits per heavy atom. The number of nitrogens with zero attached hydrogens (tertiary/aromatic N) is 1. The monoisotopic (exact) mass is 653 g/mol. The first-order valence-corrected chi connectivity index (χ1v) is 16.3. The molecule has 3 heteroatoms. The Morgan fingerprint density at radius 1 is 0.457 bits per heavy atom. The Morgan fingerprint density at radius 3 is 1.80 bits per heavy atom. The number of benzene rings is 7. The fourth-order valence-corrected chi connectivity index (χ4v) is 8.02. The Labute approximate surface area is 276 Å². The molecule has 0 aliphatic heterocycles. The van der Waals surface area contributed by atoms with E-state index in [9.17, 15) is 0 Å². The summed E-state index contributed by atoms with van der Waals surface area (Å²) in [6.07, 6.45) is 0. The van der Waals surface area contributed by atoms with Gasteiger partial charge >= 0.3 is 0 Å². The van der Waals surface area contributed by atoms with Crippen molar-refractivity contribution in [2.75, 3.05) is 4.90 Å². The summed E-state index contributed by atoms with van der Waals surface area (Å²) in [5.74, 6) is 0. The maximum atomic E-state index is 6.29. The standard InChI is InChI=1S/C43H28BrNO/c44-40-28-33(26-37-36-21-11-13-23-41(36)46-42(37)40)45(31-18-8-3-9-19-31)32-24-25-35-34-20-10-12-22-38(34)43(39(35)27-32,29-14-4-1-5-15-29)30-16-6-2-7-17-30/h1-28H. The predicted octanol–water partition coefficient (Wildman–Crippen LogP) is 12.2. The number of para-hydroxylation sites is 2. The van der Waals surface area contributed by atoms with Crippen LogP contribution in [0.4, 0.5) is 17.1 Å². The summed E-state index contributed by atoms with van der Waals surface area (Å²) >= 11 is 3.87. The second-order valence-electron chi connectivity index (χ2n) is 11.8. The predicted molar refractivity (Wildman–Crippen MR) is 193 cm³/mol. The highest BCUT2D eigenvalue weighted by atomic mass is 79.9. The zero-order valence-corrected chi connectivity index (χ0v) is 26.5. The Bertz CT molecular complexity index is 2340. The molecule has 1 aliphatic carbocycles. The van der Waals surface area contributed by atoms with Crippen molar-refractivity contribution in [2.24, 2.45) is 0 Å². The summed E-state index contributed by atoms with van der Waals surface area (Å²) in [7, 11) is 0. The van der Waals surface area contributed by atoms with Gasteiger partial charge in [0.25, 0.3) is 0 Å². The number of furan rings is 1. The van der Waals surface area contributed by atoms with Gasteiger partial charge in [-0.15, -0.1) is 0 Å². The molecule has 0 saturated carbocycles. The highest BCUT2D eigenvalue weighted by Crippen LogP contribution is 2.57. The maximum Gasteiger partial charge on any atom is 0.149 e. The largest absolute Gasteiger partial charge is 0.455 e. The van der Waals surface area contributed by atoms with Crippen molar-refractivity contribution in [1.29, 1.82) is 0 Å². The molecule has 0 atom stereocenters. The van der Waals surface area contributed by atoms with Crippen LogP contribution in [0.3, 0.4) is 0 Å². The van der Waals surface area contributed by atoms with Crippen LogP contribution >= 0.6 is 15.9 Å². The van der Waals surface area contributed by atoms with Crippen molar-refractivity contribution in [1.82, 2.24) is 0 Å². The molecule has 0 spiro atoms. The molecule has 7 aromatic carbocycles. The summed E-state index contributed by atoms with van der Waals surface area (Å²) in [6, 6.07) is 61.1. The van der Waals surface area contributed by atoms with Gasteiger partial charge in [0.05, 0.1) is 9.89 Å². The third-order valence-electron chi connectivity index (χ3n) is 9.39. The van der Waals surface area contributed by atoms with Crippen molar-refractivity contribution >= 4 is 54.9 Å². The van der Waals surface area contributed by atoms with E-state index in [4.69, 9.17) is 4.42 Å². The molecule has 9 rings (SSSR count). The molecule has 1 heterocycles. The molecule has 2 nitrogen and oxygen atoms in total. The molecule has 0 amide bonds. The van der Waals surface area contributed by atoms with E-state index in [0.717, 1.165) is 43.5 Å². The number of hydrogen-bond acceptors (Lipinski definition) is 2. The van der Waals surface area contributed by atoms with Gasteiger partial charge in [-0.1, -0.05) is 127 Å². The zero-order chi connectivity index (χ0) is 30.7. The van der Waals surface area contributed by atoms with Crippen LogP contribution in [0.25, 0.3) is 33.1 Å². The van der Waals surface area contributed by atoms with Crippen molar-refractivity contribution < 1.29 is 4.42 Å². The number of fused-ring (bicyclic) bond motifs is 6. The van der Waals surface area contributed by atoms with Crippen LogP contribution in [0.5, 0.6) is 0 Å². The molecule has 0 N–H and O–H groups in total. The zero-order valence-electron chi connectivity index (χ0n) is 24.9. The lowest BCUT2D eigenvalue weighted by molar-refractivity contribution is 0.667. The lowest BCUT2D eigenvalue weighted by atomic mass is 9.67. The quantitative estimate of drug-likeness (QED) is 0.184. The van der Waals surface area contributed by atoms with Crippen molar-refractivity contribution in [3.63, 3.8) is 0 Å². The molecular weight excluding hydrogens is 626 g/mol. The topological polar surface area (TPSA) is 16.4 Å². The normalized spacial score (nSPS) is 13.1. The number of halogens is 1. The van der Waals surface area contributed by atoms with Gasteiger partial charge in [0, 0.05) is 27.8 Å². The summed E-state index contributed by atoms with van der Waals surface area (Å²) in [6.45, 7) is 0. The first kappa shape index (κ1) is 27.0. The SMILES string of the molecule is Brc1cc(N(c2ccccc2)c2ccc3c(c2)C(c2ccccc2)(c2ccccc2)c2ccccc2-3)cc2c1oc1ccccc12. The van der Waals surface area contributed by atoms with Crippen molar-refractivity contribution in [3.05, 3.63) is 197 Å². The molecule has 0 saturated heterocycles. The van der Waals surface area contributed by atoms with E-state index < -0.39 is 5.41 Å². The number of rotatable bonds is 5. The molecule has 1 aromatic heterocycles. The van der Waals surface area contributed by atoms with E-state index in [2.05, 4.69) is 179 Å². The first-order chi connectivity index (χ1) is 22.7. The van der Waals surface area contributed by atoms with E-state index in [0.29, 0.717) is 0 Å². The average molecular weight is 655 g/mol. The highest BCUT2D eigenvalue weighted by Gasteiger charge is 2.46. The van der Waals surface area contributed by atoms with Crippen LogP contribution in [0.15, 0.2) is 179 Å². The van der Waals surface area contributed by atoms with Gasteiger partial charge in [-0.3, -0.25) is 0 Å². The summed E-state index contributed by atoms with van der Waals surface area (Å²) < 4.78 is 7.21. The van der Waals surface area contributed by atoms with Crippen LogP contribution in [0, 0.1) is 0 Å². The van der Waals surface area contributed by atoms with Gasteiger partial charge in [-0.25, -0.2) is 0 Å². The molecule has 8 aromatic rings. The summed E-state index contributed by atoms with van der Waals surface area (Å²) in [5.41, 5.74) is 12.1. The molecule has 0 fully saturated rings. The Balaban J connectivity index is 1.34. The smallest absolute Gasteiger partial charge is 0.149 e. The van der Waals surface area contributed by atoms with Gasteiger partial charge in [-0.05, 0) is 91.8 Å². The van der Waals surface area contributed by atoms with E-state index in [1.807, 2.05) is 12.1 Å². The van der Waals surface area contributed by atoms with Crippen LogP contribution in [-0.2, 0) is 5.41 Å². The Kier molecular flexibility index (Phi) is 6.22. The van der Waals surface area contributed by atoms with Gasteiger partial charge in [0.15, 0.2) is 0 Å². The third kappa shape index (κ3) is 3.95. The molecule has 0 bridgehead atoms. The second kappa shape index (κ2) is 10.6. The van der Waals surface area contributed by atoms with Crippen LogP contribution in [0.2, 0.25) is 0 Å². The van der Waals surface area contributed by atoms with Crippen LogP contribution in [0.1, 0.15) is 22.3 Å². The fraction of sp³-hybridized carbons (Fsp3) is 0.0233.